The second-order valence-corrected chi connectivity index (χ2v) is 4.45. The van der Waals surface area contributed by atoms with E-state index in [1.165, 1.54) is 16.7 Å². The van der Waals surface area contributed by atoms with Crippen LogP contribution in [0.25, 0.3) is 0 Å². The summed E-state index contributed by atoms with van der Waals surface area (Å²) in [6.07, 6.45) is 1.53. The Hall–Kier alpha value is -0.820. The van der Waals surface area contributed by atoms with Crippen molar-refractivity contribution in [1.29, 1.82) is 0 Å². The zero-order valence-electron chi connectivity index (χ0n) is 9.59. The third-order valence-electron chi connectivity index (χ3n) is 2.92. The zero-order chi connectivity index (χ0) is 10.8. The standard InChI is InChI=1S/C13H20O/c1-5-13(4,14)9-12-7-6-10(2)11(3)8-12/h6-8,14H,5,9H2,1-4H3. The highest BCUT2D eigenvalue weighted by Crippen LogP contribution is 2.18. The maximum atomic E-state index is 9.94. The first-order valence-electron chi connectivity index (χ1n) is 5.23. The summed E-state index contributed by atoms with van der Waals surface area (Å²) >= 11 is 0. The Morgan fingerprint density at radius 1 is 1.21 bits per heavy atom. The summed E-state index contributed by atoms with van der Waals surface area (Å²) in [5, 5.41) is 9.94. The quantitative estimate of drug-likeness (QED) is 0.780. The van der Waals surface area contributed by atoms with Gasteiger partial charge in [-0.15, -0.1) is 0 Å². The van der Waals surface area contributed by atoms with Crippen LogP contribution in [0.15, 0.2) is 18.2 Å². The fourth-order valence-electron chi connectivity index (χ4n) is 1.48. The van der Waals surface area contributed by atoms with Crippen LogP contribution in [-0.4, -0.2) is 10.7 Å². The molecule has 0 aliphatic heterocycles. The third kappa shape index (κ3) is 2.85. The van der Waals surface area contributed by atoms with Gasteiger partial charge in [0.1, 0.15) is 0 Å². The van der Waals surface area contributed by atoms with Gasteiger partial charge in [0.2, 0.25) is 0 Å². The normalized spacial score (nSPS) is 15.2. The summed E-state index contributed by atoms with van der Waals surface area (Å²) in [5.74, 6) is 0. The van der Waals surface area contributed by atoms with Crippen LogP contribution in [0.2, 0.25) is 0 Å². The van der Waals surface area contributed by atoms with Crippen molar-refractivity contribution in [2.75, 3.05) is 0 Å². The third-order valence-corrected chi connectivity index (χ3v) is 2.92. The number of hydrogen-bond donors (Lipinski definition) is 1. The molecular weight excluding hydrogens is 172 g/mol. The van der Waals surface area contributed by atoms with Crippen molar-refractivity contribution in [3.8, 4) is 0 Å². The fraction of sp³-hybridized carbons (Fsp3) is 0.538. The highest BCUT2D eigenvalue weighted by atomic mass is 16.3. The van der Waals surface area contributed by atoms with Gasteiger partial charge in [-0.05, 0) is 43.9 Å². The van der Waals surface area contributed by atoms with E-state index in [0.29, 0.717) is 0 Å². The summed E-state index contributed by atoms with van der Waals surface area (Å²) < 4.78 is 0. The predicted octanol–water partition coefficient (Wildman–Crippen LogP) is 3.01. The van der Waals surface area contributed by atoms with Crippen molar-refractivity contribution in [3.63, 3.8) is 0 Å². The van der Waals surface area contributed by atoms with Crippen molar-refractivity contribution >= 4 is 0 Å². The van der Waals surface area contributed by atoms with E-state index in [0.717, 1.165) is 12.8 Å². The van der Waals surface area contributed by atoms with E-state index < -0.39 is 5.60 Å². The molecule has 0 saturated carbocycles. The fourth-order valence-corrected chi connectivity index (χ4v) is 1.48. The first kappa shape index (κ1) is 11.3. The maximum absolute atomic E-state index is 9.94. The minimum absolute atomic E-state index is 0.568. The lowest BCUT2D eigenvalue weighted by atomic mass is 9.92. The molecule has 1 nitrogen and oxygen atoms in total. The van der Waals surface area contributed by atoms with Gasteiger partial charge in [-0.1, -0.05) is 25.1 Å². The van der Waals surface area contributed by atoms with Crippen molar-refractivity contribution in [2.45, 2.75) is 46.1 Å². The Morgan fingerprint density at radius 3 is 2.36 bits per heavy atom. The Kier molecular flexibility index (Phi) is 3.33. The van der Waals surface area contributed by atoms with Crippen LogP contribution in [0.5, 0.6) is 0 Å². The van der Waals surface area contributed by atoms with E-state index in [2.05, 4.69) is 32.0 Å². The lowest BCUT2D eigenvalue weighted by molar-refractivity contribution is 0.0564. The van der Waals surface area contributed by atoms with Crippen molar-refractivity contribution in [3.05, 3.63) is 34.9 Å². The van der Waals surface area contributed by atoms with Crippen LogP contribution in [-0.2, 0) is 6.42 Å². The van der Waals surface area contributed by atoms with Crippen LogP contribution in [0, 0.1) is 13.8 Å². The number of rotatable bonds is 3. The Morgan fingerprint density at radius 2 is 1.86 bits per heavy atom. The molecule has 0 aliphatic carbocycles. The number of hydrogen-bond acceptors (Lipinski definition) is 1. The molecule has 1 heteroatoms. The van der Waals surface area contributed by atoms with Gasteiger partial charge in [-0.25, -0.2) is 0 Å². The van der Waals surface area contributed by atoms with Gasteiger partial charge in [0, 0.05) is 6.42 Å². The molecule has 0 fully saturated rings. The van der Waals surface area contributed by atoms with E-state index in [-0.39, 0.29) is 0 Å². The maximum Gasteiger partial charge on any atom is 0.0657 e. The van der Waals surface area contributed by atoms with Crippen LogP contribution in [0.1, 0.15) is 37.0 Å². The summed E-state index contributed by atoms with van der Waals surface area (Å²) in [7, 11) is 0. The molecule has 0 heterocycles. The highest BCUT2D eigenvalue weighted by Gasteiger charge is 2.17. The molecule has 0 spiro atoms. The average Bonchev–Trinajstić information content (AvgIpc) is 2.11. The van der Waals surface area contributed by atoms with E-state index >= 15 is 0 Å². The molecule has 14 heavy (non-hydrogen) atoms. The lowest BCUT2D eigenvalue weighted by Gasteiger charge is -2.21. The van der Waals surface area contributed by atoms with Gasteiger partial charge < -0.3 is 5.11 Å². The summed E-state index contributed by atoms with van der Waals surface area (Å²) in [5.41, 5.74) is 3.26. The zero-order valence-corrected chi connectivity index (χ0v) is 9.59. The minimum Gasteiger partial charge on any atom is -0.390 e. The molecule has 0 amide bonds. The van der Waals surface area contributed by atoms with Crippen molar-refractivity contribution in [1.82, 2.24) is 0 Å². The van der Waals surface area contributed by atoms with Crippen molar-refractivity contribution in [2.24, 2.45) is 0 Å². The largest absolute Gasteiger partial charge is 0.390 e. The second kappa shape index (κ2) is 4.14. The molecule has 0 radical (unpaired) electrons. The van der Waals surface area contributed by atoms with Gasteiger partial charge >= 0.3 is 0 Å². The first-order valence-corrected chi connectivity index (χ1v) is 5.23. The molecular formula is C13H20O. The average molecular weight is 192 g/mol. The van der Waals surface area contributed by atoms with Gasteiger partial charge in [0.05, 0.1) is 5.60 Å². The molecule has 0 aromatic heterocycles. The SMILES string of the molecule is CCC(C)(O)Cc1ccc(C)c(C)c1. The van der Waals surface area contributed by atoms with Gasteiger partial charge in [0.15, 0.2) is 0 Å². The Balaban J connectivity index is 2.83. The Labute approximate surface area is 86.8 Å². The van der Waals surface area contributed by atoms with E-state index in [1.54, 1.807) is 0 Å². The highest BCUT2D eigenvalue weighted by molar-refractivity contribution is 5.30. The molecule has 0 bridgehead atoms. The molecule has 0 saturated heterocycles. The van der Waals surface area contributed by atoms with E-state index in [1.807, 2.05) is 13.8 Å². The molecule has 1 aromatic rings. The number of aliphatic hydroxyl groups is 1. The van der Waals surface area contributed by atoms with Crippen LogP contribution in [0.4, 0.5) is 0 Å². The monoisotopic (exact) mass is 192 g/mol. The minimum atomic E-state index is -0.568. The number of benzene rings is 1. The summed E-state index contributed by atoms with van der Waals surface area (Å²) in [6.45, 7) is 8.12. The predicted molar refractivity (Wildman–Crippen MR) is 60.5 cm³/mol. The van der Waals surface area contributed by atoms with Crippen LogP contribution >= 0.6 is 0 Å². The topological polar surface area (TPSA) is 20.2 Å². The first-order chi connectivity index (χ1) is 6.44. The second-order valence-electron chi connectivity index (χ2n) is 4.45. The van der Waals surface area contributed by atoms with E-state index in [9.17, 15) is 5.11 Å². The van der Waals surface area contributed by atoms with Gasteiger partial charge in [-0.2, -0.15) is 0 Å². The molecule has 1 rings (SSSR count). The van der Waals surface area contributed by atoms with Crippen LogP contribution in [0.3, 0.4) is 0 Å². The van der Waals surface area contributed by atoms with E-state index in [4.69, 9.17) is 0 Å². The molecule has 1 atom stereocenters. The molecule has 0 aliphatic rings. The van der Waals surface area contributed by atoms with Crippen molar-refractivity contribution < 1.29 is 5.11 Å². The molecule has 78 valence electrons. The molecule has 1 unspecified atom stereocenters. The number of aryl methyl sites for hydroxylation is 2. The van der Waals surface area contributed by atoms with Gasteiger partial charge in [0.25, 0.3) is 0 Å². The lowest BCUT2D eigenvalue weighted by Crippen LogP contribution is -2.25. The smallest absolute Gasteiger partial charge is 0.0657 e. The Bertz CT molecular complexity index is 313. The van der Waals surface area contributed by atoms with Gasteiger partial charge in [-0.3, -0.25) is 0 Å². The molecule has 1 N–H and O–H groups in total. The summed E-state index contributed by atoms with van der Waals surface area (Å²) in [6, 6.07) is 6.39. The molecule has 1 aromatic carbocycles. The summed E-state index contributed by atoms with van der Waals surface area (Å²) in [4.78, 5) is 0. The van der Waals surface area contributed by atoms with Crippen LogP contribution < -0.4 is 0 Å².